The van der Waals surface area contributed by atoms with Crippen LogP contribution in [0.25, 0.3) is 0 Å². The Morgan fingerprint density at radius 1 is 1.53 bits per heavy atom. The minimum Gasteiger partial charge on any atom is -0.385 e. The summed E-state index contributed by atoms with van der Waals surface area (Å²) in [5.74, 6) is 0. The van der Waals surface area contributed by atoms with Crippen LogP contribution in [0.3, 0.4) is 0 Å². The molecule has 0 atom stereocenters. The summed E-state index contributed by atoms with van der Waals surface area (Å²) < 4.78 is 30.4. The van der Waals surface area contributed by atoms with Crippen molar-refractivity contribution in [2.45, 2.75) is 17.9 Å². The van der Waals surface area contributed by atoms with E-state index < -0.39 is 10.0 Å². The van der Waals surface area contributed by atoms with Crippen molar-refractivity contribution in [3.05, 3.63) is 18.0 Å². The molecule has 0 fully saturated rings. The van der Waals surface area contributed by atoms with Crippen LogP contribution in [0.2, 0.25) is 0 Å². The van der Waals surface area contributed by atoms with Gasteiger partial charge >= 0.3 is 0 Å². The monoisotopic (exact) mass is 261 g/mol. The number of nitrogens with zero attached hydrogens (tertiary/aromatic N) is 1. The second-order valence-corrected chi connectivity index (χ2v) is 5.78. The lowest BCUT2D eigenvalue weighted by Crippen LogP contribution is -2.28. The smallest absolute Gasteiger partial charge is 0.244 e. The number of aromatic nitrogens is 1. The molecule has 0 spiro atoms. The number of H-pyrrole nitrogens is 1. The average Bonchev–Trinajstić information content (AvgIpc) is 2.78. The number of sulfonamides is 1. The van der Waals surface area contributed by atoms with Crippen LogP contribution in [0.1, 0.15) is 12.1 Å². The molecule has 0 saturated heterocycles. The molecule has 0 saturated carbocycles. The molecule has 1 aromatic rings. The van der Waals surface area contributed by atoms with Gasteiger partial charge < -0.3 is 15.5 Å². The van der Waals surface area contributed by atoms with Crippen LogP contribution in [0.15, 0.2) is 17.2 Å². The lowest BCUT2D eigenvalue weighted by molar-refractivity contribution is 0.189. The van der Waals surface area contributed by atoms with E-state index in [4.69, 9.17) is 10.5 Å². The second-order valence-electron chi connectivity index (χ2n) is 3.74. The first-order chi connectivity index (χ1) is 8.02. The van der Waals surface area contributed by atoms with Crippen LogP contribution in [0.5, 0.6) is 0 Å². The van der Waals surface area contributed by atoms with E-state index in [0.717, 1.165) is 0 Å². The first-order valence-electron chi connectivity index (χ1n) is 5.35. The van der Waals surface area contributed by atoms with Crippen LogP contribution in [0.4, 0.5) is 0 Å². The molecule has 7 heteroatoms. The Morgan fingerprint density at radius 2 is 2.24 bits per heavy atom. The normalized spacial score (nSPS) is 12.2. The molecule has 0 aliphatic heterocycles. The predicted molar refractivity (Wildman–Crippen MR) is 65.0 cm³/mol. The third kappa shape index (κ3) is 3.53. The van der Waals surface area contributed by atoms with E-state index >= 15 is 0 Å². The van der Waals surface area contributed by atoms with Crippen molar-refractivity contribution < 1.29 is 13.2 Å². The summed E-state index contributed by atoms with van der Waals surface area (Å²) in [5.41, 5.74) is 6.13. The third-order valence-corrected chi connectivity index (χ3v) is 4.30. The number of methoxy groups -OCH3 is 1. The molecule has 0 aliphatic carbocycles. The maximum atomic E-state index is 12.1. The zero-order valence-electron chi connectivity index (χ0n) is 10.1. The summed E-state index contributed by atoms with van der Waals surface area (Å²) in [6.07, 6.45) is 2.13. The van der Waals surface area contributed by atoms with Crippen molar-refractivity contribution in [2.24, 2.45) is 5.73 Å². The largest absolute Gasteiger partial charge is 0.385 e. The first-order valence-corrected chi connectivity index (χ1v) is 6.79. The molecule has 0 unspecified atom stereocenters. The fraction of sp³-hybridized carbons (Fsp3) is 0.600. The summed E-state index contributed by atoms with van der Waals surface area (Å²) >= 11 is 0. The van der Waals surface area contributed by atoms with E-state index in [1.165, 1.54) is 10.5 Å². The quantitative estimate of drug-likeness (QED) is 0.683. The molecule has 0 bridgehead atoms. The minimum atomic E-state index is -3.42. The van der Waals surface area contributed by atoms with Gasteiger partial charge in [0.25, 0.3) is 0 Å². The van der Waals surface area contributed by atoms with Gasteiger partial charge in [-0.2, -0.15) is 0 Å². The van der Waals surface area contributed by atoms with E-state index in [2.05, 4.69) is 4.98 Å². The maximum Gasteiger partial charge on any atom is 0.244 e. The van der Waals surface area contributed by atoms with Gasteiger partial charge in [-0.1, -0.05) is 0 Å². The van der Waals surface area contributed by atoms with Crippen molar-refractivity contribution in [1.82, 2.24) is 9.29 Å². The topological polar surface area (TPSA) is 88.4 Å². The Hall–Kier alpha value is -0.890. The van der Waals surface area contributed by atoms with Gasteiger partial charge in [0.05, 0.1) is 4.90 Å². The summed E-state index contributed by atoms with van der Waals surface area (Å²) in [6.45, 7) is 1.27. The number of nitrogens with one attached hydrogen (secondary N) is 1. The second kappa shape index (κ2) is 6.15. The first kappa shape index (κ1) is 14.2. The van der Waals surface area contributed by atoms with Gasteiger partial charge in [0.15, 0.2) is 0 Å². The van der Waals surface area contributed by atoms with Gasteiger partial charge in [0.2, 0.25) is 10.0 Å². The molecule has 17 heavy (non-hydrogen) atoms. The predicted octanol–water partition coefficient (Wildman–Crippen LogP) is 0.130. The molecule has 0 aliphatic rings. The standard InChI is InChI=1S/C10H19N3O3S/c1-13(4-3-5-16-2)17(14,15)10-6-9(7-11)12-8-10/h6,8,12H,3-5,7,11H2,1-2H3. The molecule has 6 nitrogen and oxygen atoms in total. The Bertz CT molecular complexity index is 441. The SMILES string of the molecule is COCCCN(C)S(=O)(=O)c1c[nH]c(CN)c1. The molecular formula is C10H19N3O3S. The fourth-order valence-electron chi connectivity index (χ4n) is 1.42. The van der Waals surface area contributed by atoms with Crippen molar-refractivity contribution in [2.75, 3.05) is 27.3 Å². The molecule has 98 valence electrons. The number of nitrogens with two attached hydrogens (primary N) is 1. The molecule has 0 aromatic carbocycles. The maximum absolute atomic E-state index is 12.1. The van der Waals surface area contributed by atoms with Crippen LogP contribution >= 0.6 is 0 Å². The molecule has 3 N–H and O–H groups in total. The van der Waals surface area contributed by atoms with Crippen molar-refractivity contribution in [3.63, 3.8) is 0 Å². The highest BCUT2D eigenvalue weighted by molar-refractivity contribution is 7.89. The van der Waals surface area contributed by atoms with Gasteiger partial charge in [-0.3, -0.25) is 0 Å². The number of rotatable bonds is 7. The Labute approximate surface area is 102 Å². The number of ether oxygens (including phenoxy) is 1. The van der Waals surface area contributed by atoms with Crippen molar-refractivity contribution >= 4 is 10.0 Å². The highest BCUT2D eigenvalue weighted by atomic mass is 32.2. The fourth-order valence-corrected chi connectivity index (χ4v) is 2.65. The molecule has 1 aromatic heterocycles. The highest BCUT2D eigenvalue weighted by Crippen LogP contribution is 2.15. The molecular weight excluding hydrogens is 242 g/mol. The zero-order valence-corrected chi connectivity index (χ0v) is 11.0. The molecule has 0 radical (unpaired) electrons. The van der Waals surface area contributed by atoms with Crippen LogP contribution in [-0.2, 0) is 21.3 Å². The zero-order chi connectivity index (χ0) is 12.9. The molecule has 1 heterocycles. The van der Waals surface area contributed by atoms with Gasteiger partial charge in [-0.15, -0.1) is 0 Å². The average molecular weight is 261 g/mol. The van der Waals surface area contributed by atoms with E-state index in [9.17, 15) is 8.42 Å². The Kier molecular flexibility index (Phi) is 5.13. The van der Waals surface area contributed by atoms with Crippen LogP contribution < -0.4 is 5.73 Å². The Morgan fingerprint density at radius 3 is 2.76 bits per heavy atom. The lowest BCUT2D eigenvalue weighted by Gasteiger charge is -2.15. The molecule has 1 rings (SSSR count). The highest BCUT2D eigenvalue weighted by Gasteiger charge is 2.21. The van der Waals surface area contributed by atoms with Gasteiger partial charge in [-0.25, -0.2) is 12.7 Å². The van der Waals surface area contributed by atoms with Gasteiger partial charge in [0.1, 0.15) is 0 Å². The summed E-state index contributed by atoms with van der Waals surface area (Å²) in [5, 5.41) is 0. The minimum absolute atomic E-state index is 0.248. The van der Waals surface area contributed by atoms with Crippen molar-refractivity contribution in [1.29, 1.82) is 0 Å². The number of hydrogen-bond acceptors (Lipinski definition) is 4. The number of hydrogen-bond donors (Lipinski definition) is 2. The Balaban J connectivity index is 2.73. The number of aromatic amines is 1. The van der Waals surface area contributed by atoms with E-state index in [-0.39, 0.29) is 4.90 Å². The van der Waals surface area contributed by atoms with Gasteiger partial charge in [0, 0.05) is 45.7 Å². The summed E-state index contributed by atoms with van der Waals surface area (Å²) in [7, 11) is -0.271. The van der Waals surface area contributed by atoms with Crippen LogP contribution in [-0.4, -0.2) is 45.0 Å². The lowest BCUT2D eigenvalue weighted by atomic mass is 10.4. The van der Waals surface area contributed by atoms with E-state index in [0.29, 0.717) is 31.8 Å². The molecule has 0 amide bonds. The summed E-state index contributed by atoms with van der Waals surface area (Å²) in [6, 6.07) is 1.56. The van der Waals surface area contributed by atoms with Crippen molar-refractivity contribution in [3.8, 4) is 0 Å². The van der Waals surface area contributed by atoms with Crippen LogP contribution in [0, 0.1) is 0 Å². The van der Waals surface area contributed by atoms with Gasteiger partial charge in [-0.05, 0) is 12.5 Å². The summed E-state index contributed by atoms with van der Waals surface area (Å²) in [4.78, 5) is 3.08. The van der Waals surface area contributed by atoms with E-state index in [1.54, 1.807) is 20.2 Å². The van der Waals surface area contributed by atoms with E-state index in [1.807, 2.05) is 0 Å². The third-order valence-electron chi connectivity index (χ3n) is 2.47.